The molecule has 0 radical (unpaired) electrons. The van der Waals surface area contributed by atoms with E-state index in [-0.39, 0.29) is 10.7 Å². The molecule has 0 saturated carbocycles. The minimum absolute atomic E-state index is 0.0232. The number of nitrogens with one attached hydrogen (secondary N) is 3. The standard InChI is InChI=1S/C20H18Cl3N3O3S/c1-29-17(28)14-9-5-6-10-15(14)24-19(30)26-18(20(21,22)23)25-16(27)12-11-13-7-3-2-4-8-13/h2-12,18H,1H3,(H,25,27)(H2,24,26,30)/b12-11+. The van der Waals surface area contributed by atoms with Gasteiger partial charge in [0.25, 0.3) is 0 Å². The normalized spacial score (nSPS) is 12.1. The second-order valence-electron chi connectivity index (χ2n) is 5.86. The van der Waals surface area contributed by atoms with Gasteiger partial charge in [-0.1, -0.05) is 77.3 Å². The number of thiocarbonyl (C=S) groups is 1. The number of carbonyl (C=O) groups excluding carboxylic acids is 2. The molecule has 0 fully saturated rings. The average Bonchev–Trinajstić information content (AvgIpc) is 2.71. The van der Waals surface area contributed by atoms with Gasteiger partial charge in [-0.15, -0.1) is 0 Å². The second kappa shape index (κ2) is 11.2. The minimum Gasteiger partial charge on any atom is -0.465 e. The molecular weight excluding hydrogens is 469 g/mol. The van der Waals surface area contributed by atoms with E-state index in [1.165, 1.54) is 13.2 Å². The van der Waals surface area contributed by atoms with Crippen molar-refractivity contribution in [1.29, 1.82) is 0 Å². The lowest BCUT2D eigenvalue weighted by Gasteiger charge is -2.27. The van der Waals surface area contributed by atoms with Crippen molar-refractivity contribution in [3.05, 3.63) is 71.8 Å². The van der Waals surface area contributed by atoms with E-state index < -0.39 is 21.8 Å². The number of rotatable bonds is 6. The molecule has 2 aromatic carbocycles. The quantitative estimate of drug-likeness (QED) is 0.186. The molecule has 0 saturated heterocycles. The predicted molar refractivity (Wildman–Crippen MR) is 125 cm³/mol. The largest absolute Gasteiger partial charge is 0.465 e. The molecule has 0 heterocycles. The van der Waals surface area contributed by atoms with Crippen molar-refractivity contribution in [2.24, 2.45) is 0 Å². The van der Waals surface area contributed by atoms with Gasteiger partial charge >= 0.3 is 5.97 Å². The van der Waals surface area contributed by atoms with E-state index in [4.69, 9.17) is 51.8 Å². The summed E-state index contributed by atoms with van der Waals surface area (Å²) < 4.78 is 2.83. The van der Waals surface area contributed by atoms with Crippen LogP contribution < -0.4 is 16.0 Å². The van der Waals surface area contributed by atoms with Gasteiger partial charge in [0.1, 0.15) is 6.17 Å². The smallest absolute Gasteiger partial charge is 0.339 e. The molecule has 0 bridgehead atoms. The van der Waals surface area contributed by atoms with Crippen molar-refractivity contribution in [2.75, 3.05) is 12.4 Å². The summed E-state index contributed by atoms with van der Waals surface area (Å²) in [5.41, 5.74) is 1.49. The van der Waals surface area contributed by atoms with Crippen LogP contribution in [0.4, 0.5) is 5.69 Å². The number of benzene rings is 2. The molecular formula is C20H18Cl3N3O3S. The average molecular weight is 487 g/mol. The first-order valence-electron chi connectivity index (χ1n) is 8.56. The van der Waals surface area contributed by atoms with E-state index in [2.05, 4.69) is 16.0 Å². The molecule has 158 valence electrons. The number of amides is 1. The van der Waals surface area contributed by atoms with Crippen LogP contribution in [0.5, 0.6) is 0 Å². The summed E-state index contributed by atoms with van der Waals surface area (Å²) in [4.78, 5) is 24.1. The Kier molecular flexibility index (Phi) is 8.92. The highest BCUT2D eigenvalue weighted by Gasteiger charge is 2.34. The van der Waals surface area contributed by atoms with E-state index in [1.807, 2.05) is 30.3 Å². The maximum absolute atomic E-state index is 12.3. The van der Waals surface area contributed by atoms with Crippen molar-refractivity contribution >= 4 is 75.8 Å². The van der Waals surface area contributed by atoms with Crippen LogP contribution >= 0.6 is 47.0 Å². The SMILES string of the molecule is COC(=O)c1ccccc1NC(=S)NC(NC(=O)/C=C/c1ccccc1)C(Cl)(Cl)Cl. The van der Waals surface area contributed by atoms with E-state index in [9.17, 15) is 9.59 Å². The van der Waals surface area contributed by atoms with Crippen LogP contribution in [0, 0.1) is 0 Å². The molecule has 2 aromatic rings. The van der Waals surface area contributed by atoms with Crippen molar-refractivity contribution in [1.82, 2.24) is 10.6 Å². The van der Waals surface area contributed by atoms with Crippen LogP contribution in [0.1, 0.15) is 15.9 Å². The number of hydrogen-bond donors (Lipinski definition) is 3. The fraction of sp³-hybridized carbons (Fsp3) is 0.150. The van der Waals surface area contributed by atoms with Crippen LogP contribution in [-0.4, -0.2) is 34.1 Å². The number of anilines is 1. The fourth-order valence-electron chi connectivity index (χ4n) is 2.30. The van der Waals surface area contributed by atoms with E-state index >= 15 is 0 Å². The van der Waals surface area contributed by atoms with Gasteiger partial charge in [0.05, 0.1) is 18.4 Å². The molecule has 30 heavy (non-hydrogen) atoms. The Balaban J connectivity index is 2.06. The highest BCUT2D eigenvalue weighted by Crippen LogP contribution is 2.29. The van der Waals surface area contributed by atoms with Crippen molar-refractivity contribution in [2.45, 2.75) is 9.96 Å². The van der Waals surface area contributed by atoms with Crippen LogP contribution in [0.3, 0.4) is 0 Å². The third-order valence-electron chi connectivity index (χ3n) is 3.70. The van der Waals surface area contributed by atoms with Gasteiger partial charge < -0.3 is 20.7 Å². The van der Waals surface area contributed by atoms with Gasteiger partial charge in [-0.3, -0.25) is 4.79 Å². The lowest BCUT2D eigenvalue weighted by molar-refractivity contribution is -0.117. The molecule has 3 N–H and O–H groups in total. The highest BCUT2D eigenvalue weighted by molar-refractivity contribution is 7.80. The van der Waals surface area contributed by atoms with Gasteiger partial charge in [0, 0.05) is 6.08 Å². The van der Waals surface area contributed by atoms with Crippen molar-refractivity contribution in [3.8, 4) is 0 Å². The lowest BCUT2D eigenvalue weighted by Crippen LogP contribution is -2.55. The van der Waals surface area contributed by atoms with Crippen LogP contribution in [-0.2, 0) is 9.53 Å². The molecule has 10 heteroatoms. The molecule has 0 spiro atoms. The highest BCUT2D eigenvalue weighted by atomic mass is 35.6. The van der Waals surface area contributed by atoms with E-state index in [1.54, 1.807) is 30.3 Å². The minimum atomic E-state index is -1.91. The van der Waals surface area contributed by atoms with Crippen LogP contribution in [0.25, 0.3) is 6.08 Å². The van der Waals surface area contributed by atoms with Gasteiger partial charge in [0.15, 0.2) is 5.11 Å². The molecule has 0 aliphatic rings. The fourth-order valence-corrected chi connectivity index (χ4v) is 2.85. The molecule has 1 atom stereocenters. The molecule has 1 amide bonds. The van der Waals surface area contributed by atoms with Gasteiger partial charge in [0.2, 0.25) is 9.70 Å². The van der Waals surface area contributed by atoms with Crippen molar-refractivity contribution < 1.29 is 14.3 Å². The zero-order chi connectivity index (χ0) is 22.1. The predicted octanol–water partition coefficient (Wildman–Crippen LogP) is 4.29. The van der Waals surface area contributed by atoms with Gasteiger partial charge in [-0.05, 0) is 36.0 Å². The first kappa shape index (κ1) is 24.0. The summed E-state index contributed by atoms with van der Waals surface area (Å²) in [5, 5.41) is 8.12. The van der Waals surface area contributed by atoms with E-state index in [0.29, 0.717) is 5.69 Å². The van der Waals surface area contributed by atoms with Crippen LogP contribution in [0.15, 0.2) is 60.7 Å². The topological polar surface area (TPSA) is 79.5 Å². The molecule has 6 nitrogen and oxygen atoms in total. The number of alkyl halides is 3. The second-order valence-corrected chi connectivity index (χ2v) is 8.64. The Morgan fingerprint density at radius 3 is 2.30 bits per heavy atom. The Labute approximate surface area is 194 Å². The summed E-state index contributed by atoms with van der Waals surface area (Å²) in [6.45, 7) is 0. The number of hydrogen-bond acceptors (Lipinski definition) is 4. The number of esters is 1. The molecule has 0 aliphatic heterocycles. The number of carbonyl (C=O) groups is 2. The summed E-state index contributed by atoms with van der Waals surface area (Å²) in [6.07, 6.45) is 1.78. The molecule has 0 aliphatic carbocycles. The van der Waals surface area contributed by atoms with Crippen LogP contribution in [0.2, 0.25) is 0 Å². The summed E-state index contributed by atoms with van der Waals surface area (Å²) >= 11 is 23.2. The Bertz CT molecular complexity index is 934. The summed E-state index contributed by atoms with van der Waals surface area (Å²) in [7, 11) is 1.27. The number of ether oxygens (including phenoxy) is 1. The maximum atomic E-state index is 12.3. The first-order chi connectivity index (χ1) is 14.2. The van der Waals surface area contributed by atoms with Gasteiger partial charge in [-0.25, -0.2) is 4.79 Å². The molecule has 0 aromatic heterocycles. The molecule has 1 unspecified atom stereocenters. The Morgan fingerprint density at radius 1 is 1.03 bits per heavy atom. The number of halogens is 3. The summed E-state index contributed by atoms with van der Waals surface area (Å²) in [5.74, 6) is -1.04. The van der Waals surface area contributed by atoms with Crippen molar-refractivity contribution in [3.63, 3.8) is 0 Å². The molecule has 2 rings (SSSR count). The van der Waals surface area contributed by atoms with Gasteiger partial charge in [-0.2, -0.15) is 0 Å². The van der Waals surface area contributed by atoms with E-state index in [0.717, 1.165) is 5.56 Å². The summed E-state index contributed by atoms with van der Waals surface area (Å²) in [6, 6.07) is 15.8. The maximum Gasteiger partial charge on any atom is 0.339 e. The third-order valence-corrected chi connectivity index (χ3v) is 4.57. The Morgan fingerprint density at radius 2 is 1.67 bits per heavy atom. The zero-order valence-electron chi connectivity index (χ0n) is 15.7. The first-order valence-corrected chi connectivity index (χ1v) is 10.1. The zero-order valence-corrected chi connectivity index (χ0v) is 18.8. The monoisotopic (exact) mass is 485 g/mol. The number of para-hydroxylation sites is 1. The Hall–Kier alpha value is -2.32. The lowest BCUT2D eigenvalue weighted by atomic mass is 10.2. The third kappa shape index (κ3) is 7.50. The number of methoxy groups -OCH3 is 1.